The van der Waals surface area contributed by atoms with Crippen molar-refractivity contribution in [2.24, 2.45) is 0 Å². The Kier molecular flexibility index (Phi) is 19.4. The van der Waals surface area contributed by atoms with E-state index in [1.807, 2.05) is 0 Å². The van der Waals surface area contributed by atoms with Gasteiger partial charge in [0, 0.05) is 16.7 Å². The van der Waals surface area contributed by atoms with Gasteiger partial charge in [-0.3, -0.25) is 0 Å². The van der Waals surface area contributed by atoms with E-state index in [0.717, 1.165) is 54.6 Å². The summed E-state index contributed by atoms with van der Waals surface area (Å²) in [6.45, 7) is 9.11. The third kappa shape index (κ3) is 13.4. The monoisotopic (exact) mass is 637 g/mol. The molecule has 1 heterocycles. The van der Waals surface area contributed by atoms with E-state index in [1.54, 1.807) is 0 Å². The van der Waals surface area contributed by atoms with Crippen LogP contribution >= 0.6 is 0 Å². The molecule has 0 spiro atoms. The number of hydrogen-bond donors (Lipinski definition) is 0. The van der Waals surface area contributed by atoms with E-state index in [0.29, 0.717) is 0 Å². The average molecular weight is 637 g/mol. The molecule has 47 heavy (non-hydrogen) atoms. The summed E-state index contributed by atoms with van der Waals surface area (Å²) >= 11 is 0. The van der Waals surface area contributed by atoms with Crippen molar-refractivity contribution in [3.8, 4) is 0 Å². The van der Waals surface area contributed by atoms with Gasteiger partial charge in [-0.05, 0) is 86.8 Å². The van der Waals surface area contributed by atoms with E-state index < -0.39 is 0 Å². The molecule has 0 amide bonds. The molecule has 2 aromatic rings. The maximum Gasteiger partial charge on any atom is 0.215 e. The summed E-state index contributed by atoms with van der Waals surface area (Å²) in [7, 11) is 0. The molecule has 0 atom stereocenters. The number of benzene rings is 2. The van der Waals surface area contributed by atoms with Gasteiger partial charge in [0.15, 0.2) is 0 Å². The smallest absolute Gasteiger partial charge is 0.215 e. The number of unbranched alkanes of at least 4 members (excludes halogenated alkanes) is 16. The molecule has 2 nitrogen and oxygen atoms in total. The second-order valence-corrected chi connectivity index (χ2v) is 14.0. The first kappa shape index (κ1) is 38.7. The summed E-state index contributed by atoms with van der Waals surface area (Å²) in [6, 6.07) is 18.2. The Hall–Kier alpha value is -2.74. The Morgan fingerprint density at radius 2 is 0.872 bits per heavy atom. The third-order valence-electron chi connectivity index (χ3n) is 9.92. The molecule has 2 aromatic carbocycles. The van der Waals surface area contributed by atoms with Crippen molar-refractivity contribution in [2.45, 2.75) is 175 Å². The van der Waals surface area contributed by atoms with Gasteiger partial charge >= 0.3 is 0 Å². The van der Waals surface area contributed by atoms with Gasteiger partial charge in [0.2, 0.25) is 11.4 Å². The largest absolute Gasteiger partial charge is 0.493 e. The summed E-state index contributed by atoms with van der Waals surface area (Å²) in [5.41, 5.74) is 21.5. The van der Waals surface area contributed by atoms with E-state index in [4.69, 9.17) is 0 Å². The van der Waals surface area contributed by atoms with Crippen molar-refractivity contribution in [2.75, 3.05) is 0 Å². The lowest BCUT2D eigenvalue weighted by atomic mass is 9.93. The molecular weight excluding hydrogens is 569 g/mol. The van der Waals surface area contributed by atoms with E-state index in [-0.39, 0.29) is 0 Å². The van der Waals surface area contributed by atoms with Gasteiger partial charge in [-0.25, -0.2) is 4.70 Å². The zero-order valence-electron chi connectivity index (χ0n) is 30.9. The van der Waals surface area contributed by atoms with Crippen LogP contribution in [-0.4, -0.2) is 4.70 Å². The molecule has 1 aliphatic heterocycles. The van der Waals surface area contributed by atoms with Gasteiger partial charge in [0.25, 0.3) is 0 Å². The lowest BCUT2D eigenvalue weighted by Gasteiger charge is -2.11. The van der Waals surface area contributed by atoms with Gasteiger partial charge in [-0.2, -0.15) is 0 Å². The SMILES string of the molecule is CCCCCC=CC1=C(c2ccc(CCCCCCCC)cc2)[N+](=[N-])C(c2ccc(CCCCCCCC)cc2)=C1CCCCCC. The first-order valence-electron chi connectivity index (χ1n) is 20.0. The molecule has 0 radical (unpaired) electrons. The molecule has 1 aliphatic rings. The minimum Gasteiger partial charge on any atom is -0.493 e. The van der Waals surface area contributed by atoms with E-state index in [1.165, 1.54) is 143 Å². The maximum absolute atomic E-state index is 12.1. The Morgan fingerprint density at radius 1 is 0.468 bits per heavy atom. The molecule has 0 saturated carbocycles. The predicted molar refractivity (Wildman–Crippen MR) is 207 cm³/mol. The molecule has 0 aliphatic carbocycles. The second kappa shape index (κ2) is 23.6. The molecule has 0 unspecified atom stereocenters. The summed E-state index contributed by atoms with van der Waals surface area (Å²) < 4.78 is 1.53. The lowest BCUT2D eigenvalue weighted by molar-refractivity contribution is -0.345. The fourth-order valence-corrected chi connectivity index (χ4v) is 6.95. The van der Waals surface area contributed by atoms with Crippen LogP contribution in [0.15, 0.2) is 71.8 Å². The normalized spacial score (nSPS) is 13.6. The van der Waals surface area contributed by atoms with Crippen LogP contribution in [0.3, 0.4) is 0 Å². The van der Waals surface area contributed by atoms with Gasteiger partial charge < -0.3 is 5.53 Å². The molecule has 0 bridgehead atoms. The molecule has 0 aromatic heterocycles. The predicted octanol–water partition coefficient (Wildman–Crippen LogP) is 14.8. The van der Waals surface area contributed by atoms with Crippen LogP contribution in [0.25, 0.3) is 16.9 Å². The Bertz CT molecular complexity index is 1240. The van der Waals surface area contributed by atoms with E-state index in [9.17, 15) is 5.53 Å². The number of hydrogen-bond acceptors (Lipinski definition) is 0. The van der Waals surface area contributed by atoms with Crippen LogP contribution in [0.2, 0.25) is 0 Å². The van der Waals surface area contributed by atoms with Crippen molar-refractivity contribution in [3.63, 3.8) is 0 Å². The zero-order chi connectivity index (χ0) is 33.5. The van der Waals surface area contributed by atoms with Crippen LogP contribution in [0, 0.1) is 0 Å². The highest BCUT2D eigenvalue weighted by molar-refractivity contribution is 5.84. The van der Waals surface area contributed by atoms with Crippen molar-refractivity contribution in [3.05, 3.63) is 99.6 Å². The summed E-state index contributed by atoms with van der Waals surface area (Å²) in [5, 5.41) is 0. The third-order valence-corrected chi connectivity index (χ3v) is 9.92. The van der Waals surface area contributed by atoms with Crippen molar-refractivity contribution in [1.29, 1.82) is 0 Å². The second-order valence-electron chi connectivity index (χ2n) is 14.0. The quantitative estimate of drug-likeness (QED) is 0.0725. The summed E-state index contributed by atoms with van der Waals surface area (Å²) in [5.74, 6) is 0. The minimum atomic E-state index is 0.944. The summed E-state index contributed by atoms with van der Waals surface area (Å²) in [6.07, 6.45) is 33.5. The van der Waals surface area contributed by atoms with Crippen molar-refractivity contribution >= 4 is 11.4 Å². The van der Waals surface area contributed by atoms with Crippen LogP contribution in [0.4, 0.5) is 0 Å². The topological polar surface area (TPSA) is 25.3 Å². The van der Waals surface area contributed by atoms with Gasteiger partial charge in [0.05, 0.1) is 5.57 Å². The standard InChI is InChI=1S/C45H68N2/c1-5-9-13-17-20-22-26-38-30-34-40(35-31-38)44-42(28-24-16-12-8-4)43(29-25-19-15-11-7-3)45(47(44)46)41-36-32-39(33-37-41)27-23-21-18-14-10-6-2/h25,29-37H,5-24,26-28H2,1-4H3. The van der Waals surface area contributed by atoms with Gasteiger partial charge in [0.1, 0.15) is 0 Å². The molecule has 0 N–H and O–H groups in total. The molecular formula is C45H68N2. The summed E-state index contributed by atoms with van der Waals surface area (Å²) in [4.78, 5) is 0. The van der Waals surface area contributed by atoms with Crippen LogP contribution in [0.5, 0.6) is 0 Å². The first-order valence-corrected chi connectivity index (χ1v) is 20.0. The Labute approximate surface area is 290 Å². The molecule has 258 valence electrons. The highest BCUT2D eigenvalue weighted by atomic mass is 15.2. The van der Waals surface area contributed by atoms with Crippen LogP contribution in [-0.2, 0) is 12.8 Å². The highest BCUT2D eigenvalue weighted by Gasteiger charge is 2.34. The van der Waals surface area contributed by atoms with Gasteiger partial charge in [-0.15, -0.1) is 0 Å². The fourth-order valence-electron chi connectivity index (χ4n) is 6.95. The molecule has 0 saturated heterocycles. The maximum atomic E-state index is 12.1. The average Bonchev–Trinajstić information content (AvgIpc) is 3.37. The lowest BCUT2D eigenvalue weighted by Crippen LogP contribution is -2.03. The fraction of sp³-hybridized carbons (Fsp3) is 0.600. The van der Waals surface area contributed by atoms with E-state index >= 15 is 0 Å². The Morgan fingerprint density at radius 3 is 1.38 bits per heavy atom. The molecule has 3 rings (SSSR count). The number of rotatable bonds is 26. The zero-order valence-corrected chi connectivity index (χ0v) is 30.9. The highest BCUT2D eigenvalue weighted by Crippen LogP contribution is 2.43. The van der Waals surface area contributed by atoms with Crippen molar-refractivity contribution in [1.82, 2.24) is 0 Å². The number of aryl methyl sites for hydroxylation is 2. The van der Waals surface area contributed by atoms with Crippen molar-refractivity contribution < 1.29 is 4.70 Å². The first-order chi connectivity index (χ1) is 23.1. The molecule has 0 fully saturated rings. The number of nitrogens with zero attached hydrogens (tertiary/aromatic N) is 2. The van der Waals surface area contributed by atoms with Crippen LogP contribution < -0.4 is 0 Å². The van der Waals surface area contributed by atoms with Gasteiger partial charge in [-0.1, -0.05) is 160 Å². The van der Waals surface area contributed by atoms with Crippen LogP contribution in [0.1, 0.15) is 185 Å². The minimum absolute atomic E-state index is 0.944. The Balaban J connectivity index is 1.87. The van der Waals surface area contributed by atoms with E-state index in [2.05, 4.69) is 88.4 Å². The number of allylic oxidation sites excluding steroid dienone is 4. The molecule has 2 heteroatoms.